The van der Waals surface area contributed by atoms with E-state index < -0.39 is 0 Å². The summed E-state index contributed by atoms with van der Waals surface area (Å²) in [6.07, 6.45) is 2.54. The van der Waals surface area contributed by atoms with Crippen molar-refractivity contribution >= 4 is 23.4 Å². The number of nitrogens with one attached hydrogen (secondary N) is 1. The highest BCUT2D eigenvalue weighted by Crippen LogP contribution is 2.37. The van der Waals surface area contributed by atoms with Gasteiger partial charge in [-0.15, -0.1) is 0 Å². The van der Waals surface area contributed by atoms with Gasteiger partial charge in [0.05, 0.1) is 0 Å². The van der Waals surface area contributed by atoms with Gasteiger partial charge in [0.15, 0.2) is 5.82 Å². The molecule has 100 valence electrons. The molecule has 0 radical (unpaired) electrons. The van der Waals surface area contributed by atoms with Crippen molar-refractivity contribution in [3.63, 3.8) is 0 Å². The van der Waals surface area contributed by atoms with Crippen LogP contribution in [0.25, 0.3) is 0 Å². The van der Waals surface area contributed by atoms with Crippen LogP contribution in [0.2, 0.25) is 0 Å². The van der Waals surface area contributed by atoms with Crippen molar-refractivity contribution < 1.29 is 4.74 Å². The molecule has 18 heavy (non-hydrogen) atoms. The number of anilines is 2. The Balaban J connectivity index is 2.00. The average Bonchev–Trinajstić information content (AvgIpc) is 2.74. The molecule has 1 fully saturated rings. The van der Waals surface area contributed by atoms with Gasteiger partial charge in [0.2, 0.25) is 0 Å². The van der Waals surface area contributed by atoms with Crippen molar-refractivity contribution in [1.29, 1.82) is 0 Å². The number of nitrogen functional groups attached to an aromatic ring is 1. The Labute approximate surface area is 112 Å². The van der Waals surface area contributed by atoms with Crippen molar-refractivity contribution in [2.45, 2.75) is 31.1 Å². The van der Waals surface area contributed by atoms with Crippen molar-refractivity contribution in [1.82, 2.24) is 9.97 Å². The van der Waals surface area contributed by atoms with E-state index in [1.165, 1.54) is 18.6 Å². The highest BCUT2D eigenvalue weighted by atomic mass is 32.2. The summed E-state index contributed by atoms with van der Waals surface area (Å²) in [6.45, 7) is 3.57. The van der Waals surface area contributed by atoms with Crippen LogP contribution in [0.15, 0.2) is 6.07 Å². The number of aromatic nitrogens is 2. The van der Waals surface area contributed by atoms with Gasteiger partial charge in [-0.05, 0) is 25.5 Å². The smallest absolute Gasteiger partial charge is 0.158 e. The molecule has 1 aliphatic rings. The van der Waals surface area contributed by atoms with Crippen molar-refractivity contribution in [3.8, 4) is 0 Å². The van der Waals surface area contributed by atoms with E-state index in [0.717, 1.165) is 12.4 Å². The van der Waals surface area contributed by atoms with Crippen molar-refractivity contribution in [3.05, 3.63) is 11.9 Å². The minimum atomic E-state index is 0.307. The normalized spacial score (nSPS) is 23.2. The van der Waals surface area contributed by atoms with E-state index in [2.05, 4.69) is 22.2 Å². The number of nitrogens with two attached hydrogens (primary N) is 1. The maximum absolute atomic E-state index is 5.75. The Morgan fingerprint density at radius 3 is 3.06 bits per heavy atom. The maximum Gasteiger partial charge on any atom is 0.158 e. The number of thioether (sulfide) groups is 1. The standard InChI is InChI=1S/C12H20N4OS/c1-12(4-3-5-18-12)8-14-10-6-9(13)15-11(16-10)7-17-2/h6H,3-5,7-8H2,1-2H3,(H3,13,14,15,16). The molecule has 5 nitrogen and oxygen atoms in total. The van der Waals surface area contributed by atoms with Gasteiger partial charge in [0.25, 0.3) is 0 Å². The Morgan fingerprint density at radius 2 is 2.39 bits per heavy atom. The molecule has 3 N–H and O–H groups in total. The zero-order valence-electron chi connectivity index (χ0n) is 10.9. The molecular weight excluding hydrogens is 248 g/mol. The lowest BCUT2D eigenvalue weighted by atomic mass is 10.1. The summed E-state index contributed by atoms with van der Waals surface area (Å²) >= 11 is 2.02. The van der Waals surface area contributed by atoms with Crippen LogP contribution in [0, 0.1) is 0 Å². The average molecular weight is 268 g/mol. The van der Waals surface area contributed by atoms with Crippen molar-refractivity contribution in [2.24, 2.45) is 0 Å². The molecule has 1 aliphatic heterocycles. The molecule has 1 saturated heterocycles. The molecule has 0 aliphatic carbocycles. The zero-order valence-corrected chi connectivity index (χ0v) is 11.7. The SMILES string of the molecule is COCc1nc(N)cc(NCC2(C)CCCS2)n1. The summed E-state index contributed by atoms with van der Waals surface area (Å²) in [5, 5.41) is 3.36. The Kier molecular flexibility index (Phi) is 4.29. The molecule has 0 bridgehead atoms. The Hall–Kier alpha value is -1.01. The molecular formula is C12H20N4OS. The molecule has 6 heteroatoms. The molecule has 0 saturated carbocycles. The van der Waals surface area contributed by atoms with Crippen LogP contribution in [0.5, 0.6) is 0 Å². The first-order valence-corrected chi connectivity index (χ1v) is 7.10. The number of hydrogen-bond donors (Lipinski definition) is 2. The Bertz CT molecular complexity index is 407. The second-order valence-corrected chi connectivity index (χ2v) is 6.47. The number of nitrogens with zero attached hydrogens (tertiary/aromatic N) is 2. The van der Waals surface area contributed by atoms with Crippen LogP contribution in [-0.4, -0.2) is 34.1 Å². The van der Waals surface area contributed by atoms with Crippen molar-refractivity contribution in [2.75, 3.05) is 30.5 Å². The third-order valence-corrected chi connectivity index (χ3v) is 4.55. The third kappa shape index (κ3) is 3.49. The maximum atomic E-state index is 5.75. The molecule has 0 spiro atoms. The van der Waals surface area contributed by atoms with Crippen LogP contribution in [0.3, 0.4) is 0 Å². The first-order valence-electron chi connectivity index (χ1n) is 6.11. The number of methoxy groups -OCH3 is 1. The van der Waals surface area contributed by atoms with Gasteiger partial charge in [-0.1, -0.05) is 0 Å². The zero-order chi connectivity index (χ0) is 13.0. The second kappa shape index (κ2) is 5.75. The third-order valence-electron chi connectivity index (χ3n) is 3.01. The van der Waals surface area contributed by atoms with Gasteiger partial charge >= 0.3 is 0 Å². The molecule has 2 rings (SSSR count). The molecule has 0 amide bonds. The highest BCUT2D eigenvalue weighted by molar-refractivity contribution is 8.00. The van der Waals surface area contributed by atoms with E-state index in [1.54, 1.807) is 13.2 Å². The molecule has 1 unspecified atom stereocenters. The summed E-state index contributed by atoms with van der Waals surface area (Å²) in [6, 6.07) is 1.77. The fourth-order valence-corrected chi connectivity index (χ4v) is 3.30. The van der Waals surface area contributed by atoms with Gasteiger partial charge in [0, 0.05) is 24.5 Å². The van der Waals surface area contributed by atoms with Crippen LogP contribution in [0.4, 0.5) is 11.6 Å². The molecule has 2 heterocycles. The first kappa shape index (κ1) is 13.4. The lowest BCUT2D eigenvalue weighted by molar-refractivity contribution is 0.178. The number of hydrogen-bond acceptors (Lipinski definition) is 6. The van der Waals surface area contributed by atoms with E-state index in [4.69, 9.17) is 10.5 Å². The first-order chi connectivity index (χ1) is 8.61. The van der Waals surface area contributed by atoms with Crippen LogP contribution >= 0.6 is 11.8 Å². The minimum Gasteiger partial charge on any atom is -0.384 e. The quantitative estimate of drug-likeness (QED) is 0.849. The summed E-state index contributed by atoms with van der Waals surface area (Å²) in [5.74, 6) is 3.12. The summed E-state index contributed by atoms with van der Waals surface area (Å²) in [5.41, 5.74) is 5.75. The molecule has 1 aromatic rings. The van der Waals surface area contributed by atoms with Gasteiger partial charge < -0.3 is 15.8 Å². The molecule has 1 atom stereocenters. The summed E-state index contributed by atoms with van der Waals surface area (Å²) in [7, 11) is 1.62. The molecule has 1 aromatic heterocycles. The van der Waals surface area contributed by atoms with E-state index in [-0.39, 0.29) is 0 Å². The van der Waals surface area contributed by atoms with Gasteiger partial charge in [0.1, 0.15) is 18.2 Å². The lowest BCUT2D eigenvalue weighted by Gasteiger charge is -2.23. The predicted molar refractivity (Wildman–Crippen MR) is 75.7 cm³/mol. The number of rotatable bonds is 5. The topological polar surface area (TPSA) is 73.1 Å². The predicted octanol–water partition coefficient (Wildman–Crippen LogP) is 1.90. The van der Waals surface area contributed by atoms with E-state index >= 15 is 0 Å². The van der Waals surface area contributed by atoms with E-state index in [0.29, 0.717) is 23.0 Å². The monoisotopic (exact) mass is 268 g/mol. The van der Waals surface area contributed by atoms with E-state index in [9.17, 15) is 0 Å². The fourth-order valence-electron chi connectivity index (χ4n) is 2.06. The summed E-state index contributed by atoms with van der Waals surface area (Å²) < 4.78 is 5.33. The number of ether oxygens (including phenoxy) is 1. The van der Waals surface area contributed by atoms with Crippen LogP contribution < -0.4 is 11.1 Å². The minimum absolute atomic E-state index is 0.307. The van der Waals surface area contributed by atoms with Gasteiger partial charge in [-0.3, -0.25) is 0 Å². The van der Waals surface area contributed by atoms with Gasteiger partial charge in [-0.25, -0.2) is 9.97 Å². The van der Waals surface area contributed by atoms with Crippen LogP contribution in [-0.2, 0) is 11.3 Å². The fraction of sp³-hybridized carbons (Fsp3) is 0.667. The Morgan fingerprint density at radius 1 is 1.56 bits per heavy atom. The molecule has 0 aromatic carbocycles. The summed E-state index contributed by atoms with van der Waals surface area (Å²) in [4.78, 5) is 8.50. The van der Waals surface area contributed by atoms with Gasteiger partial charge in [-0.2, -0.15) is 11.8 Å². The second-order valence-electron chi connectivity index (χ2n) is 4.78. The van der Waals surface area contributed by atoms with E-state index in [1.807, 2.05) is 11.8 Å². The largest absolute Gasteiger partial charge is 0.384 e. The lowest BCUT2D eigenvalue weighted by Crippen LogP contribution is -2.27. The van der Waals surface area contributed by atoms with Crippen LogP contribution in [0.1, 0.15) is 25.6 Å². The highest BCUT2D eigenvalue weighted by Gasteiger charge is 2.29.